The molecule has 2 N–H and O–H groups in total. The van der Waals surface area contributed by atoms with Crippen LogP contribution in [0.2, 0.25) is 0 Å². The summed E-state index contributed by atoms with van der Waals surface area (Å²) < 4.78 is 13.3. The number of aliphatic hydroxyl groups is 1. The van der Waals surface area contributed by atoms with Crippen LogP contribution in [0.15, 0.2) is 12.3 Å². The summed E-state index contributed by atoms with van der Waals surface area (Å²) in [6, 6.07) is 1.21. The van der Waals surface area contributed by atoms with E-state index in [-0.39, 0.29) is 24.0 Å². The average molecular weight is 267 g/mol. The van der Waals surface area contributed by atoms with Gasteiger partial charge in [0.15, 0.2) is 0 Å². The number of aromatic nitrogens is 1. The number of carbonyl (C=O) groups excluding carboxylic acids is 1. The van der Waals surface area contributed by atoms with E-state index in [1.54, 1.807) is 4.90 Å². The summed E-state index contributed by atoms with van der Waals surface area (Å²) in [4.78, 5) is 17.9. The number of aliphatic hydroxyl groups excluding tert-OH is 1. The van der Waals surface area contributed by atoms with Gasteiger partial charge in [0.05, 0.1) is 11.8 Å². The van der Waals surface area contributed by atoms with Crippen LogP contribution < -0.4 is 5.32 Å². The van der Waals surface area contributed by atoms with E-state index in [1.165, 1.54) is 6.07 Å². The summed E-state index contributed by atoms with van der Waals surface area (Å²) >= 11 is 0. The number of hydrogen-bond acceptors (Lipinski definition) is 4. The van der Waals surface area contributed by atoms with Crippen LogP contribution in [0.5, 0.6) is 0 Å². The highest BCUT2D eigenvalue weighted by Gasteiger charge is 2.28. The molecule has 1 aliphatic rings. The molecule has 6 heteroatoms. The van der Waals surface area contributed by atoms with Gasteiger partial charge in [-0.25, -0.2) is 9.37 Å². The number of pyridine rings is 1. The lowest BCUT2D eigenvalue weighted by Gasteiger charge is -2.18. The molecule has 19 heavy (non-hydrogen) atoms. The molecule has 104 valence electrons. The lowest BCUT2D eigenvalue weighted by atomic mass is 10.1. The third-order valence-corrected chi connectivity index (χ3v) is 3.26. The number of hydrogen-bond donors (Lipinski definition) is 2. The molecule has 1 aromatic heterocycles. The zero-order chi connectivity index (χ0) is 13.8. The van der Waals surface area contributed by atoms with Gasteiger partial charge in [0.2, 0.25) is 0 Å². The fraction of sp³-hybridized carbons (Fsp3) is 0.538. The molecule has 2 rings (SSSR count). The molecular formula is C13H18FN3O2. The van der Waals surface area contributed by atoms with Crippen LogP contribution in [0.1, 0.15) is 23.7 Å². The van der Waals surface area contributed by atoms with E-state index in [0.717, 1.165) is 12.6 Å². The smallest absolute Gasteiger partial charge is 0.257 e. The minimum absolute atomic E-state index is 0.0747. The second-order valence-corrected chi connectivity index (χ2v) is 4.67. The Balaban J connectivity index is 2.20. The Morgan fingerprint density at radius 2 is 2.47 bits per heavy atom. The molecule has 1 unspecified atom stereocenters. The molecule has 2 heterocycles. The van der Waals surface area contributed by atoms with Gasteiger partial charge < -0.3 is 15.3 Å². The van der Waals surface area contributed by atoms with Gasteiger partial charge in [-0.2, -0.15) is 0 Å². The predicted octanol–water partition coefficient (Wildman–Crippen LogP) is 1.11. The van der Waals surface area contributed by atoms with E-state index in [2.05, 4.69) is 10.3 Å². The molecule has 0 aromatic carbocycles. The number of rotatable bonds is 4. The number of nitrogens with zero attached hydrogens (tertiary/aromatic N) is 2. The zero-order valence-electron chi connectivity index (χ0n) is 10.9. The Labute approximate surface area is 111 Å². The van der Waals surface area contributed by atoms with Crippen LogP contribution in [0, 0.1) is 11.7 Å². The fourth-order valence-electron chi connectivity index (χ4n) is 2.25. The maximum Gasteiger partial charge on any atom is 0.257 e. The summed E-state index contributed by atoms with van der Waals surface area (Å²) in [6.45, 7) is 3.67. The highest BCUT2D eigenvalue weighted by molar-refractivity contribution is 5.98. The summed E-state index contributed by atoms with van der Waals surface area (Å²) in [6.07, 6.45) is 1.87. The summed E-state index contributed by atoms with van der Waals surface area (Å²) in [7, 11) is 0. The third kappa shape index (κ3) is 3.01. The molecule has 1 saturated heterocycles. The number of carbonyl (C=O) groups is 1. The van der Waals surface area contributed by atoms with E-state index in [0.29, 0.717) is 25.5 Å². The van der Waals surface area contributed by atoms with Gasteiger partial charge >= 0.3 is 0 Å². The van der Waals surface area contributed by atoms with E-state index < -0.39 is 5.82 Å². The van der Waals surface area contributed by atoms with Crippen LogP contribution in [0.3, 0.4) is 0 Å². The first kappa shape index (κ1) is 13.7. The highest BCUT2D eigenvalue weighted by atomic mass is 19.1. The normalized spacial score (nSPS) is 18.7. The van der Waals surface area contributed by atoms with Crippen molar-refractivity contribution in [3.8, 4) is 0 Å². The number of amides is 1. The van der Waals surface area contributed by atoms with Crippen LogP contribution in [-0.2, 0) is 0 Å². The number of anilines is 1. The van der Waals surface area contributed by atoms with Crippen LogP contribution in [0.4, 0.5) is 10.2 Å². The monoisotopic (exact) mass is 267 g/mol. The van der Waals surface area contributed by atoms with Gasteiger partial charge in [0.1, 0.15) is 11.6 Å². The summed E-state index contributed by atoms with van der Waals surface area (Å²) in [5.74, 6) is -0.240. The molecule has 0 bridgehead atoms. The van der Waals surface area contributed by atoms with E-state index in [1.807, 2.05) is 6.92 Å². The number of likely N-dealkylation sites (tertiary alicyclic amines) is 1. The SMILES string of the molecule is CCNc1ncc(F)cc1C(=O)N1CCC(CO)C1. The summed E-state index contributed by atoms with van der Waals surface area (Å²) in [5, 5.41) is 12.1. The van der Waals surface area contributed by atoms with Gasteiger partial charge in [-0.15, -0.1) is 0 Å². The Morgan fingerprint density at radius 3 is 3.11 bits per heavy atom. The van der Waals surface area contributed by atoms with Crippen molar-refractivity contribution in [1.82, 2.24) is 9.88 Å². The average Bonchev–Trinajstić information content (AvgIpc) is 2.89. The van der Waals surface area contributed by atoms with Crippen LogP contribution in [-0.4, -0.2) is 47.1 Å². The largest absolute Gasteiger partial charge is 0.396 e. The van der Waals surface area contributed by atoms with Crippen LogP contribution >= 0.6 is 0 Å². The van der Waals surface area contributed by atoms with E-state index in [9.17, 15) is 9.18 Å². The first-order valence-corrected chi connectivity index (χ1v) is 6.45. The Kier molecular flexibility index (Phi) is 4.31. The van der Waals surface area contributed by atoms with Crippen LogP contribution in [0.25, 0.3) is 0 Å². The van der Waals surface area contributed by atoms with Crippen molar-refractivity contribution in [3.05, 3.63) is 23.6 Å². The second kappa shape index (κ2) is 5.97. The molecule has 1 fully saturated rings. The van der Waals surface area contributed by atoms with Crippen molar-refractivity contribution < 1.29 is 14.3 Å². The third-order valence-electron chi connectivity index (χ3n) is 3.26. The molecule has 1 aliphatic heterocycles. The van der Waals surface area contributed by atoms with Crippen molar-refractivity contribution in [2.45, 2.75) is 13.3 Å². The Bertz CT molecular complexity index is 467. The molecule has 0 spiro atoms. The van der Waals surface area contributed by atoms with Gasteiger partial charge in [0.25, 0.3) is 5.91 Å². The van der Waals surface area contributed by atoms with Crippen molar-refractivity contribution in [1.29, 1.82) is 0 Å². The van der Waals surface area contributed by atoms with E-state index in [4.69, 9.17) is 5.11 Å². The minimum Gasteiger partial charge on any atom is -0.396 e. The van der Waals surface area contributed by atoms with Gasteiger partial charge in [0, 0.05) is 32.2 Å². The Morgan fingerprint density at radius 1 is 1.68 bits per heavy atom. The van der Waals surface area contributed by atoms with Gasteiger partial charge in [-0.3, -0.25) is 4.79 Å². The highest BCUT2D eigenvalue weighted by Crippen LogP contribution is 2.21. The summed E-state index contributed by atoms with van der Waals surface area (Å²) in [5.41, 5.74) is 0.250. The molecule has 0 radical (unpaired) electrons. The lowest BCUT2D eigenvalue weighted by Crippen LogP contribution is -2.30. The van der Waals surface area contributed by atoms with Gasteiger partial charge in [-0.1, -0.05) is 0 Å². The molecule has 1 atom stereocenters. The predicted molar refractivity (Wildman–Crippen MR) is 69.5 cm³/mol. The number of halogens is 1. The van der Waals surface area contributed by atoms with Crippen molar-refractivity contribution in [3.63, 3.8) is 0 Å². The van der Waals surface area contributed by atoms with Crippen molar-refractivity contribution in [2.24, 2.45) is 5.92 Å². The quantitative estimate of drug-likeness (QED) is 0.857. The fourth-order valence-corrected chi connectivity index (χ4v) is 2.25. The Hall–Kier alpha value is -1.69. The standard InChI is InChI=1S/C13H18FN3O2/c1-2-15-12-11(5-10(14)6-16-12)13(19)17-4-3-9(7-17)8-18/h5-6,9,18H,2-4,7-8H2,1H3,(H,15,16). The maximum absolute atomic E-state index is 13.3. The topological polar surface area (TPSA) is 65.5 Å². The number of nitrogens with one attached hydrogen (secondary N) is 1. The molecule has 1 aromatic rings. The first-order chi connectivity index (χ1) is 9.15. The molecule has 0 saturated carbocycles. The van der Waals surface area contributed by atoms with Crippen molar-refractivity contribution >= 4 is 11.7 Å². The second-order valence-electron chi connectivity index (χ2n) is 4.67. The van der Waals surface area contributed by atoms with Gasteiger partial charge in [-0.05, 0) is 19.4 Å². The molecule has 1 amide bonds. The van der Waals surface area contributed by atoms with E-state index >= 15 is 0 Å². The maximum atomic E-state index is 13.3. The lowest BCUT2D eigenvalue weighted by molar-refractivity contribution is 0.0782. The first-order valence-electron chi connectivity index (χ1n) is 6.45. The molecular weight excluding hydrogens is 249 g/mol. The minimum atomic E-state index is -0.525. The molecule has 0 aliphatic carbocycles. The van der Waals surface area contributed by atoms with Crippen molar-refractivity contribution in [2.75, 3.05) is 31.6 Å². The molecule has 5 nitrogen and oxygen atoms in total. The zero-order valence-corrected chi connectivity index (χ0v) is 10.9.